The molecule has 148 valence electrons. The van der Waals surface area contributed by atoms with Crippen LogP contribution in [0.2, 0.25) is 0 Å². The van der Waals surface area contributed by atoms with Crippen molar-refractivity contribution in [1.29, 1.82) is 0 Å². The van der Waals surface area contributed by atoms with E-state index in [0.717, 1.165) is 34.4 Å². The average molecular weight is 433 g/mol. The number of thiophene rings is 1. The summed E-state index contributed by atoms with van der Waals surface area (Å²) in [5, 5.41) is 17.6. The quantitative estimate of drug-likeness (QED) is 0.445. The summed E-state index contributed by atoms with van der Waals surface area (Å²) >= 11 is 4.67. The Morgan fingerprint density at radius 1 is 1.21 bits per heavy atom. The average Bonchev–Trinajstić information content (AvgIpc) is 3.37. The second-order valence-corrected chi connectivity index (χ2v) is 9.59. The number of hydrogen-bond donors (Lipinski definition) is 2. The minimum absolute atomic E-state index is 0.0137. The zero-order valence-electron chi connectivity index (χ0n) is 16.0. The second-order valence-electron chi connectivity index (χ2n) is 6.36. The van der Waals surface area contributed by atoms with Crippen LogP contribution in [-0.4, -0.2) is 28.4 Å². The molecular formula is C20H24N4OS3. The van der Waals surface area contributed by atoms with Crippen molar-refractivity contribution in [3.05, 3.63) is 57.8 Å². The summed E-state index contributed by atoms with van der Waals surface area (Å²) in [6.45, 7) is 4.97. The lowest BCUT2D eigenvalue weighted by Gasteiger charge is -2.17. The monoisotopic (exact) mass is 432 g/mol. The minimum atomic E-state index is 0.0137. The second kappa shape index (κ2) is 10.6. The number of thioether (sulfide) groups is 1. The molecule has 0 bridgehead atoms. The van der Waals surface area contributed by atoms with Crippen LogP contribution in [0.15, 0.2) is 46.1 Å². The molecule has 0 saturated carbocycles. The first kappa shape index (κ1) is 20.8. The maximum absolute atomic E-state index is 12.3. The van der Waals surface area contributed by atoms with Gasteiger partial charge in [-0.25, -0.2) is 0 Å². The Bertz CT molecular complexity index is 862. The molecule has 1 atom stereocenters. The van der Waals surface area contributed by atoms with Crippen LogP contribution in [0.4, 0.5) is 5.13 Å². The number of hydrogen-bond acceptors (Lipinski definition) is 7. The van der Waals surface area contributed by atoms with E-state index < -0.39 is 0 Å². The molecule has 0 spiro atoms. The van der Waals surface area contributed by atoms with Crippen molar-refractivity contribution >= 4 is 45.5 Å². The molecule has 3 aromatic rings. The third-order valence-corrected chi connectivity index (χ3v) is 7.13. The molecule has 1 amide bonds. The van der Waals surface area contributed by atoms with Crippen LogP contribution < -0.4 is 10.6 Å². The van der Waals surface area contributed by atoms with E-state index in [4.69, 9.17) is 0 Å². The Balaban J connectivity index is 1.42. The fraction of sp³-hybridized carbons (Fsp3) is 0.350. The molecule has 2 aromatic heterocycles. The summed E-state index contributed by atoms with van der Waals surface area (Å²) in [6, 6.07) is 12.5. The molecule has 28 heavy (non-hydrogen) atoms. The predicted molar refractivity (Wildman–Crippen MR) is 119 cm³/mol. The number of amides is 1. The Morgan fingerprint density at radius 2 is 2.04 bits per heavy atom. The largest absolute Gasteiger partial charge is 0.360 e. The van der Waals surface area contributed by atoms with Crippen molar-refractivity contribution in [3.8, 4) is 0 Å². The summed E-state index contributed by atoms with van der Waals surface area (Å²) < 4.78 is 0.803. The molecule has 1 aromatic carbocycles. The number of benzene rings is 1. The van der Waals surface area contributed by atoms with Crippen LogP contribution in [-0.2, 0) is 11.2 Å². The van der Waals surface area contributed by atoms with Gasteiger partial charge in [0.1, 0.15) is 0 Å². The Kier molecular flexibility index (Phi) is 7.88. The molecule has 0 radical (unpaired) electrons. The number of nitrogens with zero attached hydrogens (tertiary/aromatic N) is 2. The van der Waals surface area contributed by atoms with Crippen LogP contribution in [0.5, 0.6) is 0 Å². The van der Waals surface area contributed by atoms with E-state index in [1.54, 1.807) is 11.3 Å². The van der Waals surface area contributed by atoms with Gasteiger partial charge in [0.25, 0.3) is 0 Å². The first-order valence-corrected chi connectivity index (χ1v) is 11.9. The Morgan fingerprint density at radius 3 is 2.75 bits per heavy atom. The van der Waals surface area contributed by atoms with Crippen molar-refractivity contribution in [2.45, 2.75) is 37.1 Å². The van der Waals surface area contributed by atoms with Crippen molar-refractivity contribution in [3.63, 3.8) is 0 Å². The molecule has 2 N–H and O–H groups in total. The highest BCUT2D eigenvalue weighted by Gasteiger charge is 2.14. The molecule has 0 aliphatic heterocycles. The third-order valence-electron chi connectivity index (χ3n) is 4.18. The lowest BCUT2D eigenvalue weighted by Crippen LogP contribution is -2.29. The fourth-order valence-electron chi connectivity index (χ4n) is 2.67. The molecule has 0 fully saturated rings. The van der Waals surface area contributed by atoms with Gasteiger partial charge in [-0.2, -0.15) is 0 Å². The van der Waals surface area contributed by atoms with Gasteiger partial charge < -0.3 is 10.6 Å². The van der Waals surface area contributed by atoms with E-state index in [-0.39, 0.29) is 11.9 Å². The lowest BCUT2D eigenvalue weighted by molar-refractivity contribution is -0.119. The highest BCUT2D eigenvalue weighted by Crippen LogP contribution is 2.26. The maximum atomic E-state index is 12.3. The van der Waals surface area contributed by atoms with Crippen LogP contribution in [0.3, 0.4) is 0 Å². The SMILES string of the molecule is CCC(NC(=O)CSc1nnc(NCCc2cccs2)s1)c1ccc(C)cc1. The zero-order chi connectivity index (χ0) is 19.8. The molecule has 0 aliphatic carbocycles. The van der Waals surface area contributed by atoms with Crippen LogP contribution in [0.1, 0.15) is 35.4 Å². The molecule has 5 nitrogen and oxygen atoms in total. The smallest absolute Gasteiger partial charge is 0.230 e. The van der Waals surface area contributed by atoms with Gasteiger partial charge >= 0.3 is 0 Å². The number of rotatable bonds is 10. The molecule has 2 heterocycles. The van der Waals surface area contributed by atoms with Crippen molar-refractivity contribution in [2.75, 3.05) is 17.6 Å². The van der Waals surface area contributed by atoms with E-state index in [1.165, 1.54) is 33.5 Å². The molecule has 0 aliphatic rings. The number of carbonyl (C=O) groups is 1. The van der Waals surface area contributed by atoms with Gasteiger partial charge in [0.15, 0.2) is 4.34 Å². The highest BCUT2D eigenvalue weighted by atomic mass is 32.2. The topological polar surface area (TPSA) is 66.9 Å². The summed E-state index contributed by atoms with van der Waals surface area (Å²) in [6.07, 6.45) is 1.83. The normalized spacial score (nSPS) is 11.9. The summed E-state index contributed by atoms with van der Waals surface area (Å²) in [5.74, 6) is 0.353. The summed E-state index contributed by atoms with van der Waals surface area (Å²) in [4.78, 5) is 13.7. The molecule has 0 saturated heterocycles. The van der Waals surface area contributed by atoms with Gasteiger partial charge in [-0.05, 0) is 36.8 Å². The van der Waals surface area contributed by atoms with Crippen molar-refractivity contribution in [2.24, 2.45) is 0 Å². The molecule has 8 heteroatoms. The van der Waals surface area contributed by atoms with Gasteiger partial charge in [-0.15, -0.1) is 21.5 Å². The highest BCUT2D eigenvalue weighted by molar-refractivity contribution is 8.01. The van der Waals surface area contributed by atoms with E-state index in [1.807, 2.05) is 0 Å². The standard InChI is InChI=1S/C20H24N4OS3/c1-3-17(15-8-6-14(2)7-9-15)22-18(25)13-27-20-24-23-19(28-20)21-11-10-16-5-4-12-26-16/h4-9,12,17H,3,10-11,13H2,1-2H3,(H,21,23)(H,22,25). The van der Waals surface area contributed by atoms with E-state index in [2.05, 4.69) is 76.5 Å². The fourth-order valence-corrected chi connectivity index (χ4v) is 4.97. The van der Waals surface area contributed by atoms with Crippen LogP contribution >= 0.6 is 34.4 Å². The molecular weight excluding hydrogens is 408 g/mol. The van der Waals surface area contributed by atoms with Crippen molar-refractivity contribution in [1.82, 2.24) is 15.5 Å². The Hall–Kier alpha value is -1.90. The van der Waals surface area contributed by atoms with Crippen molar-refractivity contribution < 1.29 is 4.79 Å². The number of aryl methyl sites for hydroxylation is 1. The first-order chi connectivity index (χ1) is 13.6. The van der Waals surface area contributed by atoms with E-state index >= 15 is 0 Å². The van der Waals surface area contributed by atoms with Gasteiger partial charge in [0.2, 0.25) is 11.0 Å². The van der Waals surface area contributed by atoms with Crippen LogP contribution in [0, 0.1) is 6.92 Å². The van der Waals surface area contributed by atoms with Gasteiger partial charge in [-0.1, -0.05) is 65.9 Å². The van der Waals surface area contributed by atoms with E-state index in [9.17, 15) is 4.79 Å². The summed E-state index contributed by atoms with van der Waals surface area (Å²) in [5.41, 5.74) is 2.36. The number of nitrogens with one attached hydrogen (secondary N) is 2. The number of carbonyl (C=O) groups excluding carboxylic acids is 1. The lowest BCUT2D eigenvalue weighted by atomic mass is 10.0. The maximum Gasteiger partial charge on any atom is 0.230 e. The van der Waals surface area contributed by atoms with Crippen LogP contribution in [0.25, 0.3) is 0 Å². The van der Waals surface area contributed by atoms with E-state index in [0.29, 0.717) is 5.75 Å². The third kappa shape index (κ3) is 6.32. The predicted octanol–water partition coefficient (Wildman–Crippen LogP) is 4.92. The number of aromatic nitrogens is 2. The minimum Gasteiger partial charge on any atom is -0.360 e. The first-order valence-electron chi connectivity index (χ1n) is 9.22. The number of anilines is 1. The molecule has 3 rings (SSSR count). The zero-order valence-corrected chi connectivity index (χ0v) is 18.4. The molecule has 1 unspecified atom stereocenters. The van der Waals surface area contributed by atoms with Gasteiger partial charge in [0, 0.05) is 11.4 Å². The Labute approximate surface area is 178 Å². The van der Waals surface area contributed by atoms with Gasteiger partial charge in [0.05, 0.1) is 11.8 Å². The van der Waals surface area contributed by atoms with Gasteiger partial charge in [-0.3, -0.25) is 4.79 Å². The summed E-state index contributed by atoms with van der Waals surface area (Å²) in [7, 11) is 0.